The van der Waals surface area contributed by atoms with Crippen LogP contribution in [0.1, 0.15) is 37.3 Å². The second-order valence-electron chi connectivity index (χ2n) is 4.00. The average Bonchev–Trinajstić information content (AvgIpc) is 2.50. The molecule has 1 saturated heterocycles. The third-order valence-electron chi connectivity index (χ3n) is 2.92. The summed E-state index contributed by atoms with van der Waals surface area (Å²) in [5.41, 5.74) is 1.05. The van der Waals surface area contributed by atoms with Crippen LogP contribution < -0.4 is 5.32 Å². The van der Waals surface area contributed by atoms with E-state index in [0.29, 0.717) is 10.5 Å². The van der Waals surface area contributed by atoms with Crippen LogP contribution in [-0.2, 0) is 0 Å². The van der Waals surface area contributed by atoms with Crippen molar-refractivity contribution in [3.05, 3.63) is 34.1 Å². The number of rotatable bonds is 1. The van der Waals surface area contributed by atoms with Crippen LogP contribution in [0.3, 0.4) is 0 Å². The number of hydrogen-bond acceptors (Lipinski definition) is 1. The first kappa shape index (κ1) is 11.1. The zero-order chi connectivity index (χ0) is 10.7. The first-order chi connectivity index (χ1) is 7.29. The highest BCUT2D eigenvalue weighted by Crippen LogP contribution is 2.30. The van der Waals surface area contributed by atoms with Crippen molar-refractivity contribution in [1.82, 2.24) is 5.32 Å². The predicted octanol–water partition coefficient (Wildman–Crippen LogP) is 3.79. The fourth-order valence-corrected chi connectivity index (χ4v) is 2.62. The van der Waals surface area contributed by atoms with Crippen molar-refractivity contribution in [2.24, 2.45) is 0 Å². The minimum Gasteiger partial charge on any atom is -0.310 e. The minimum absolute atomic E-state index is 0.168. The second kappa shape index (κ2) is 5.08. The Hall–Kier alpha value is -0.410. The molecule has 1 aliphatic heterocycles. The van der Waals surface area contributed by atoms with Crippen LogP contribution in [0.25, 0.3) is 0 Å². The molecule has 0 spiro atoms. The van der Waals surface area contributed by atoms with Gasteiger partial charge in [0.25, 0.3) is 0 Å². The molecule has 82 valence electrons. The van der Waals surface area contributed by atoms with Gasteiger partial charge in [0.05, 0.1) is 4.47 Å². The van der Waals surface area contributed by atoms with Gasteiger partial charge < -0.3 is 5.32 Å². The monoisotopic (exact) mass is 271 g/mol. The highest BCUT2D eigenvalue weighted by Gasteiger charge is 2.17. The molecule has 3 heteroatoms. The summed E-state index contributed by atoms with van der Waals surface area (Å²) in [7, 11) is 0. The molecule has 0 saturated carbocycles. The van der Waals surface area contributed by atoms with Gasteiger partial charge in [-0.05, 0) is 46.9 Å². The third kappa shape index (κ3) is 2.58. The molecule has 0 aliphatic carbocycles. The van der Waals surface area contributed by atoms with E-state index in [9.17, 15) is 4.39 Å². The summed E-state index contributed by atoms with van der Waals surface area (Å²) in [6.45, 7) is 1.04. The van der Waals surface area contributed by atoms with Crippen LogP contribution in [0, 0.1) is 5.82 Å². The smallest absolute Gasteiger partial charge is 0.137 e. The molecular weight excluding hydrogens is 257 g/mol. The van der Waals surface area contributed by atoms with E-state index in [-0.39, 0.29) is 5.82 Å². The van der Waals surface area contributed by atoms with Crippen LogP contribution in [0.5, 0.6) is 0 Å². The molecule has 0 amide bonds. The minimum atomic E-state index is -0.168. The molecule has 0 aromatic heterocycles. The standard InChI is InChI=1S/C12H15BrFN/c13-12-9(5-4-6-10(12)14)11-7-2-1-3-8-15-11/h4-6,11,15H,1-3,7-8H2. The van der Waals surface area contributed by atoms with Gasteiger partial charge in [-0.3, -0.25) is 0 Å². The molecule has 1 aromatic rings. The average molecular weight is 272 g/mol. The zero-order valence-corrected chi connectivity index (χ0v) is 10.2. The lowest BCUT2D eigenvalue weighted by Gasteiger charge is -2.17. The van der Waals surface area contributed by atoms with Crippen LogP contribution >= 0.6 is 15.9 Å². The number of hydrogen-bond donors (Lipinski definition) is 1. The Labute approximate surface area is 98.2 Å². The van der Waals surface area contributed by atoms with E-state index in [1.54, 1.807) is 6.07 Å². The van der Waals surface area contributed by atoms with Crippen molar-refractivity contribution < 1.29 is 4.39 Å². The number of halogens is 2. The summed E-state index contributed by atoms with van der Waals surface area (Å²) < 4.78 is 14.0. The van der Waals surface area contributed by atoms with Gasteiger partial charge in [0.15, 0.2) is 0 Å². The Balaban J connectivity index is 2.23. The van der Waals surface area contributed by atoms with Crippen molar-refractivity contribution in [3.8, 4) is 0 Å². The summed E-state index contributed by atoms with van der Waals surface area (Å²) in [5, 5.41) is 3.47. The van der Waals surface area contributed by atoms with Crippen molar-refractivity contribution in [1.29, 1.82) is 0 Å². The van der Waals surface area contributed by atoms with E-state index < -0.39 is 0 Å². The van der Waals surface area contributed by atoms with E-state index in [1.165, 1.54) is 25.3 Å². The van der Waals surface area contributed by atoms with Gasteiger partial charge in [-0.1, -0.05) is 25.0 Å². The molecule has 1 aromatic carbocycles. The summed E-state index contributed by atoms with van der Waals surface area (Å²) in [4.78, 5) is 0. The van der Waals surface area contributed by atoms with E-state index in [2.05, 4.69) is 21.2 Å². The van der Waals surface area contributed by atoms with Crippen molar-refractivity contribution in [2.45, 2.75) is 31.7 Å². The van der Waals surface area contributed by atoms with E-state index in [0.717, 1.165) is 18.5 Å². The molecular formula is C12H15BrFN. The molecule has 1 atom stereocenters. The van der Waals surface area contributed by atoms with Crippen molar-refractivity contribution in [2.75, 3.05) is 6.54 Å². The lowest BCUT2D eigenvalue weighted by molar-refractivity contribution is 0.525. The third-order valence-corrected chi connectivity index (χ3v) is 3.75. The van der Waals surface area contributed by atoms with Gasteiger partial charge >= 0.3 is 0 Å². The number of nitrogens with one attached hydrogen (secondary N) is 1. The van der Waals surface area contributed by atoms with Crippen molar-refractivity contribution in [3.63, 3.8) is 0 Å². The molecule has 15 heavy (non-hydrogen) atoms. The van der Waals surface area contributed by atoms with Crippen LogP contribution in [0.15, 0.2) is 22.7 Å². The van der Waals surface area contributed by atoms with E-state index in [4.69, 9.17) is 0 Å². The molecule has 1 aliphatic rings. The molecule has 1 unspecified atom stereocenters. The Morgan fingerprint density at radius 2 is 2.13 bits per heavy atom. The van der Waals surface area contributed by atoms with Gasteiger partial charge in [0, 0.05) is 6.04 Å². The number of benzene rings is 1. The van der Waals surface area contributed by atoms with Gasteiger partial charge in [0.1, 0.15) is 5.82 Å². The van der Waals surface area contributed by atoms with Gasteiger partial charge in [-0.25, -0.2) is 4.39 Å². The summed E-state index contributed by atoms with van der Waals surface area (Å²) in [5.74, 6) is -0.168. The fourth-order valence-electron chi connectivity index (χ4n) is 2.08. The highest BCUT2D eigenvalue weighted by molar-refractivity contribution is 9.10. The molecule has 1 fully saturated rings. The quantitative estimate of drug-likeness (QED) is 0.820. The molecule has 0 radical (unpaired) electrons. The maximum atomic E-state index is 13.4. The Bertz CT molecular complexity index is 332. The van der Waals surface area contributed by atoms with Crippen LogP contribution in [0.4, 0.5) is 4.39 Å². The Morgan fingerprint density at radius 1 is 1.27 bits per heavy atom. The van der Waals surface area contributed by atoms with Crippen molar-refractivity contribution >= 4 is 15.9 Å². The van der Waals surface area contributed by atoms with Crippen LogP contribution in [0.2, 0.25) is 0 Å². The largest absolute Gasteiger partial charge is 0.310 e. The first-order valence-electron chi connectivity index (χ1n) is 5.46. The van der Waals surface area contributed by atoms with Gasteiger partial charge in [-0.2, -0.15) is 0 Å². The Kier molecular flexibility index (Phi) is 3.76. The van der Waals surface area contributed by atoms with E-state index >= 15 is 0 Å². The van der Waals surface area contributed by atoms with Gasteiger partial charge in [-0.15, -0.1) is 0 Å². The first-order valence-corrected chi connectivity index (χ1v) is 6.25. The maximum Gasteiger partial charge on any atom is 0.137 e. The SMILES string of the molecule is Fc1cccc(C2CCCCCN2)c1Br. The van der Waals surface area contributed by atoms with E-state index in [1.807, 2.05) is 6.07 Å². The summed E-state index contributed by atoms with van der Waals surface area (Å²) >= 11 is 3.33. The molecule has 1 nitrogen and oxygen atoms in total. The molecule has 2 rings (SSSR count). The molecule has 1 N–H and O–H groups in total. The van der Waals surface area contributed by atoms with Gasteiger partial charge in [0.2, 0.25) is 0 Å². The fraction of sp³-hybridized carbons (Fsp3) is 0.500. The summed E-state index contributed by atoms with van der Waals surface area (Å²) in [6, 6.07) is 5.57. The topological polar surface area (TPSA) is 12.0 Å². The zero-order valence-electron chi connectivity index (χ0n) is 8.60. The normalized spacial score (nSPS) is 22.4. The predicted molar refractivity (Wildman–Crippen MR) is 63.3 cm³/mol. The second-order valence-corrected chi connectivity index (χ2v) is 4.79. The highest BCUT2D eigenvalue weighted by atomic mass is 79.9. The molecule has 1 heterocycles. The summed E-state index contributed by atoms with van der Waals surface area (Å²) in [6.07, 6.45) is 4.82. The van der Waals surface area contributed by atoms with Crippen LogP contribution in [-0.4, -0.2) is 6.54 Å². The lowest BCUT2D eigenvalue weighted by atomic mass is 10.0. The molecule has 0 bridgehead atoms. The Morgan fingerprint density at radius 3 is 3.00 bits per heavy atom. The maximum absolute atomic E-state index is 13.4. The lowest BCUT2D eigenvalue weighted by Crippen LogP contribution is -2.20.